The molecule has 1 N–H and O–H groups in total. The lowest BCUT2D eigenvalue weighted by Gasteiger charge is -2.20. The highest BCUT2D eigenvalue weighted by Gasteiger charge is 2.23. The number of hydrogen-bond donors (Lipinski definition) is 1. The van der Waals surface area contributed by atoms with Crippen molar-refractivity contribution >= 4 is 21.9 Å². The lowest BCUT2D eigenvalue weighted by atomic mass is 10.2. The Bertz CT molecular complexity index is 1390. The van der Waals surface area contributed by atoms with Crippen molar-refractivity contribution in [1.82, 2.24) is 14.5 Å². The molecule has 4 aromatic rings. The highest BCUT2D eigenvalue weighted by atomic mass is 32.2. The number of carbonyl (C=O) groups excluding carboxylic acids is 1. The number of hydrogen-bond acceptors (Lipinski definition) is 6. The molecule has 4 rings (SSSR count). The average molecular weight is 481 g/mol. The van der Waals surface area contributed by atoms with Crippen molar-refractivity contribution < 1.29 is 22.0 Å². The Labute approximate surface area is 196 Å². The van der Waals surface area contributed by atoms with E-state index in [1.165, 1.54) is 46.8 Å². The molecule has 0 spiro atoms. The minimum atomic E-state index is -3.75. The zero-order valence-corrected chi connectivity index (χ0v) is 19.0. The SMILES string of the molecule is CCN(Cc1ccccc1)S(=O)(=O)c1ccc(C(=O)Nc2nnc(-c3cccc(F)c3)o2)cc1. The Morgan fingerprint density at radius 3 is 2.41 bits per heavy atom. The molecule has 0 saturated carbocycles. The van der Waals surface area contributed by atoms with E-state index in [-0.39, 0.29) is 28.9 Å². The number of rotatable bonds is 8. The first-order chi connectivity index (χ1) is 16.4. The summed E-state index contributed by atoms with van der Waals surface area (Å²) in [5, 5.41) is 10.0. The maximum Gasteiger partial charge on any atom is 0.322 e. The smallest absolute Gasteiger partial charge is 0.322 e. The van der Waals surface area contributed by atoms with E-state index in [0.29, 0.717) is 12.1 Å². The zero-order valence-electron chi connectivity index (χ0n) is 18.2. The summed E-state index contributed by atoms with van der Waals surface area (Å²) in [5.41, 5.74) is 1.45. The summed E-state index contributed by atoms with van der Waals surface area (Å²) in [5.74, 6) is -0.967. The fourth-order valence-corrected chi connectivity index (χ4v) is 4.70. The third-order valence-electron chi connectivity index (χ3n) is 5.03. The summed E-state index contributed by atoms with van der Waals surface area (Å²) in [7, 11) is -3.75. The molecule has 0 radical (unpaired) electrons. The third kappa shape index (κ3) is 5.19. The number of nitrogens with one attached hydrogen (secondary N) is 1. The van der Waals surface area contributed by atoms with E-state index < -0.39 is 21.7 Å². The van der Waals surface area contributed by atoms with Crippen molar-refractivity contribution in [3.63, 3.8) is 0 Å². The van der Waals surface area contributed by atoms with Gasteiger partial charge in [0.2, 0.25) is 15.9 Å². The predicted octanol–water partition coefficient (Wildman–Crippen LogP) is 4.34. The van der Waals surface area contributed by atoms with Crippen LogP contribution in [0.4, 0.5) is 10.4 Å². The molecule has 174 valence electrons. The van der Waals surface area contributed by atoms with Crippen molar-refractivity contribution in [2.45, 2.75) is 18.4 Å². The molecule has 1 aromatic heterocycles. The second kappa shape index (κ2) is 9.94. The highest BCUT2D eigenvalue weighted by molar-refractivity contribution is 7.89. The van der Waals surface area contributed by atoms with Crippen molar-refractivity contribution in [2.75, 3.05) is 11.9 Å². The van der Waals surface area contributed by atoms with E-state index in [0.717, 1.165) is 5.56 Å². The van der Waals surface area contributed by atoms with Crippen LogP contribution < -0.4 is 5.32 Å². The molecule has 1 heterocycles. The minimum Gasteiger partial charge on any atom is -0.403 e. The van der Waals surface area contributed by atoms with Crippen LogP contribution in [0.5, 0.6) is 0 Å². The molecule has 1 amide bonds. The Morgan fingerprint density at radius 2 is 1.74 bits per heavy atom. The Kier molecular flexibility index (Phi) is 6.80. The van der Waals surface area contributed by atoms with E-state index in [2.05, 4.69) is 15.5 Å². The summed E-state index contributed by atoms with van der Waals surface area (Å²) < 4.78 is 46.3. The van der Waals surface area contributed by atoms with Crippen LogP contribution in [-0.4, -0.2) is 35.4 Å². The third-order valence-corrected chi connectivity index (χ3v) is 6.96. The molecule has 8 nitrogen and oxygen atoms in total. The lowest BCUT2D eigenvalue weighted by Crippen LogP contribution is -2.30. The van der Waals surface area contributed by atoms with E-state index in [4.69, 9.17) is 4.42 Å². The number of amides is 1. The molecular formula is C24H21FN4O4S. The van der Waals surface area contributed by atoms with Crippen molar-refractivity contribution in [3.8, 4) is 11.5 Å². The van der Waals surface area contributed by atoms with Crippen LogP contribution in [-0.2, 0) is 16.6 Å². The first-order valence-electron chi connectivity index (χ1n) is 10.4. The number of nitrogens with zero attached hydrogens (tertiary/aromatic N) is 3. The molecule has 0 atom stereocenters. The van der Waals surface area contributed by atoms with E-state index in [1.54, 1.807) is 13.0 Å². The van der Waals surface area contributed by atoms with Gasteiger partial charge in [0.05, 0.1) is 4.90 Å². The fraction of sp³-hybridized carbons (Fsp3) is 0.125. The van der Waals surface area contributed by atoms with Gasteiger partial charge in [-0.2, -0.15) is 4.31 Å². The Morgan fingerprint density at radius 1 is 1.00 bits per heavy atom. The van der Waals surface area contributed by atoms with Gasteiger partial charge < -0.3 is 4.42 Å². The summed E-state index contributed by atoms with van der Waals surface area (Å²) in [4.78, 5) is 12.6. The van der Waals surface area contributed by atoms with Crippen molar-refractivity contribution in [2.24, 2.45) is 0 Å². The largest absolute Gasteiger partial charge is 0.403 e. The average Bonchev–Trinajstić information content (AvgIpc) is 3.31. The molecule has 34 heavy (non-hydrogen) atoms. The first-order valence-corrected chi connectivity index (χ1v) is 11.9. The summed E-state index contributed by atoms with van der Waals surface area (Å²) >= 11 is 0. The van der Waals surface area contributed by atoms with Crippen molar-refractivity contribution in [3.05, 3.63) is 95.8 Å². The molecule has 0 fully saturated rings. The quantitative estimate of drug-likeness (QED) is 0.402. The molecule has 0 unspecified atom stereocenters. The van der Waals surface area contributed by atoms with Gasteiger partial charge >= 0.3 is 6.01 Å². The second-order valence-electron chi connectivity index (χ2n) is 7.32. The molecular weight excluding hydrogens is 459 g/mol. The zero-order chi connectivity index (χ0) is 24.1. The maximum atomic E-state index is 13.4. The summed E-state index contributed by atoms with van der Waals surface area (Å²) in [6.45, 7) is 2.31. The van der Waals surface area contributed by atoms with Gasteiger partial charge in [-0.05, 0) is 48.0 Å². The lowest BCUT2D eigenvalue weighted by molar-refractivity contribution is 0.102. The predicted molar refractivity (Wildman–Crippen MR) is 124 cm³/mol. The van der Waals surface area contributed by atoms with Gasteiger partial charge in [-0.1, -0.05) is 48.4 Å². The van der Waals surface area contributed by atoms with Crippen LogP contribution in [0.1, 0.15) is 22.8 Å². The Hall–Kier alpha value is -3.89. The van der Waals surface area contributed by atoms with Crippen LogP contribution in [0.15, 0.2) is 88.2 Å². The normalized spacial score (nSPS) is 11.5. The van der Waals surface area contributed by atoms with Gasteiger partial charge in [0.15, 0.2) is 0 Å². The summed E-state index contributed by atoms with van der Waals surface area (Å²) in [6, 6.07) is 20.3. The number of sulfonamides is 1. The Balaban J connectivity index is 1.46. The second-order valence-corrected chi connectivity index (χ2v) is 9.26. The maximum absolute atomic E-state index is 13.4. The van der Waals surface area contributed by atoms with Crippen LogP contribution in [0.2, 0.25) is 0 Å². The number of aromatic nitrogens is 2. The molecule has 0 aliphatic heterocycles. The van der Waals surface area contributed by atoms with E-state index in [1.807, 2.05) is 30.3 Å². The van der Waals surface area contributed by atoms with Gasteiger partial charge in [0.25, 0.3) is 5.91 Å². The first kappa shape index (κ1) is 23.3. The van der Waals surface area contributed by atoms with Crippen LogP contribution >= 0.6 is 0 Å². The van der Waals surface area contributed by atoms with Gasteiger partial charge in [-0.25, -0.2) is 12.8 Å². The van der Waals surface area contributed by atoms with Gasteiger partial charge in [0, 0.05) is 24.2 Å². The van der Waals surface area contributed by atoms with Crippen molar-refractivity contribution in [1.29, 1.82) is 0 Å². The van der Waals surface area contributed by atoms with Crippen LogP contribution in [0.25, 0.3) is 11.5 Å². The van der Waals surface area contributed by atoms with E-state index >= 15 is 0 Å². The van der Waals surface area contributed by atoms with Gasteiger partial charge in [0.1, 0.15) is 5.82 Å². The molecule has 0 aliphatic carbocycles. The molecule has 10 heteroatoms. The van der Waals surface area contributed by atoms with Gasteiger partial charge in [-0.3, -0.25) is 10.1 Å². The molecule has 3 aromatic carbocycles. The number of carbonyl (C=O) groups is 1. The number of halogens is 1. The number of anilines is 1. The standard InChI is InChI=1S/C24H21FN4O4S/c1-2-29(16-17-7-4-3-5-8-17)34(31,32)21-13-11-18(12-14-21)22(30)26-24-28-27-23(33-24)19-9-6-10-20(25)15-19/h3-15H,2,16H2,1H3,(H,26,28,30). The minimum absolute atomic E-state index is 0.0503. The van der Waals surface area contributed by atoms with Crippen LogP contribution in [0, 0.1) is 5.82 Å². The molecule has 0 aliphatic rings. The number of benzene rings is 3. The topological polar surface area (TPSA) is 105 Å². The fourth-order valence-electron chi connectivity index (χ4n) is 3.26. The van der Waals surface area contributed by atoms with Crippen LogP contribution in [0.3, 0.4) is 0 Å². The van der Waals surface area contributed by atoms with E-state index in [9.17, 15) is 17.6 Å². The monoisotopic (exact) mass is 480 g/mol. The molecule has 0 bridgehead atoms. The highest BCUT2D eigenvalue weighted by Crippen LogP contribution is 2.22. The van der Waals surface area contributed by atoms with Gasteiger partial charge in [-0.15, -0.1) is 5.10 Å². The molecule has 0 saturated heterocycles. The summed E-state index contributed by atoms with van der Waals surface area (Å²) in [6.07, 6.45) is 0.